The maximum absolute atomic E-state index is 12.5. The second-order valence-corrected chi connectivity index (χ2v) is 8.37. The fourth-order valence-corrected chi connectivity index (χ4v) is 3.43. The molecular formula is C18H24N2O3S. The fraction of sp³-hybridized carbons (Fsp3) is 0.333. The molecule has 6 heteroatoms. The van der Waals surface area contributed by atoms with E-state index in [0.717, 1.165) is 11.3 Å². The molecule has 2 N–H and O–H groups in total. The molecule has 0 aliphatic rings. The van der Waals surface area contributed by atoms with Gasteiger partial charge in [0.15, 0.2) is 0 Å². The van der Waals surface area contributed by atoms with E-state index < -0.39 is 10.0 Å². The Morgan fingerprint density at radius 3 is 2.04 bits per heavy atom. The third-order valence-corrected chi connectivity index (χ3v) is 4.71. The van der Waals surface area contributed by atoms with Crippen molar-refractivity contribution in [1.82, 2.24) is 0 Å². The number of methoxy groups -OCH3 is 1. The van der Waals surface area contributed by atoms with Crippen molar-refractivity contribution in [2.45, 2.75) is 38.1 Å². The molecule has 0 atom stereocenters. The van der Waals surface area contributed by atoms with Gasteiger partial charge in [0, 0.05) is 16.9 Å². The van der Waals surface area contributed by atoms with E-state index in [1.165, 1.54) is 6.07 Å². The summed E-state index contributed by atoms with van der Waals surface area (Å²) in [6, 6.07) is 12.0. The zero-order valence-electron chi connectivity index (χ0n) is 14.7. The van der Waals surface area contributed by atoms with Gasteiger partial charge in [-0.05, 0) is 75.7 Å². The summed E-state index contributed by atoms with van der Waals surface area (Å²) in [6.45, 7) is 8.01. The molecule has 2 aromatic carbocycles. The van der Waals surface area contributed by atoms with Crippen molar-refractivity contribution in [3.63, 3.8) is 0 Å². The zero-order valence-corrected chi connectivity index (χ0v) is 15.5. The molecule has 0 heterocycles. The van der Waals surface area contributed by atoms with Gasteiger partial charge in [0.05, 0.1) is 12.0 Å². The van der Waals surface area contributed by atoms with Crippen molar-refractivity contribution in [2.75, 3.05) is 17.1 Å². The molecule has 130 valence electrons. The number of anilines is 2. The predicted molar refractivity (Wildman–Crippen MR) is 98.4 cm³/mol. The second kappa shape index (κ2) is 6.73. The summed E-state index contributed by atoms with van der Waals surface area (Å²) in [5.74, 6) is 0.659. The van der Waals surface area contributed by atoms with E-state index in [1.807, 2.05) is 19.1 Å². The van der Waals surface area contributed by atoms with Crippen LogP contribution >= 0.6 is 0 Å². The van der Waals surface area contributed by atoms with Crippen LogP contribution < -0.4 is 14.8 Å². The van der Waals surface area contributed by atoms with Crippen LogP contribution in [-0.2, 0) is 10.0 Å². The lowest BCUT2D eigenvalue weighted by molar-refractivity contribution is 0.411. The molecule has 0 aliphatic heterocycles. The highest BCUT2D eigenvalue weighted by Gasteiger charge is 2.16. The minimum absolute atomic E-state index is 0.0539. The van der Waals surface area contributed by atoms with Crippen LogP contribution in [0.2, 0.25) is 0 Å². The Bertz CT molecular complexity index is 807. The van der Waals surface area contributed by atoms with Gasteiger partial charge in [-0.15, -0.1) is 0 Å². The van der Waals surface area contributed by atoms with Gasteiger partial charge in [-0.3, -0.25) is 4.72 Å². The third kappa shape index (κ3) is 4.64. The Balaban J connectivity index is 2.18. The highest BCUT2D eigenvalue weighted by Crippen LogP contribution is 2.24. The third-order valence-electron chi connectivity index (χ3n) is 3.33. The van der Waals surface area contributed by atoms with Crippen LogP contribution in [0.5, 0.6) is 5.75 Å². The standard InChI is InChI=1S/C18H24N2O3S/c1-13-12-16(10-11-17(13)23-5)24(21,22)20-15-8-6-14(7-9-15)19-18(2,3)4/h6-12,19-20H,1-5H3. The summed E-state index contributed by atoms with van der Waals surface area (Å²) in [5, 5.41) is 3.33. The molecular weight excluding hydrogens is 324 g/mol. The molecule has 24 heavy (non-hydrogen) atoms. The lowest BCUT2D eigenvalue weighted by atomic mass is 10.1. The molecule has 0 spiro atoms. The second-order valence-electron chi connectivity index (χ2n) is 6.69. The topological polar surface area (TPSA) is 67.4 Å². The Labute approximate surface area is 144 Å². The van der Waals surface area contributed by atoms with E-state index in [0.29, 0.717) is 11.4 Å². The number of ether oxygens (including phenoxy) is 1. The number of sulfonamides is 1. The van der Waals surface area contributed by atoms with Crippen molar-refractivity contribution in [3.8, 4) is 5.75 Å². The van der Waals surface area contributed by atoms with Gasteiger partial charge in [-0.25, -0.2) is 8.42 Å². The monoisotopic (exact) mass is 348 g/mol. The lowest BCUT2D eigenvalue weighted by Crippen LogP contribution is -2.25. The fourth-order valence-electron chi connectivity index (χ4n) is 2.29. The Hall–Kier alpha value is -2.21. The minimum atomic E-state index is -3.63. The summed E-state index contributed by atoms with van der Waals surface area (Å²) in [4.78, 5) is 0.206. The first-order valence-electron chi connectivity index (χ1n) is 7.66. The molecule has 0 saturated heterocycles. The Kier molecular flexibility index (Phi) is 5.08. The molecule has 0 radical (unpaired) electrons. The molecule has 2 aromatic rings. The molecule has 0 unspecified atom stereocenters. The zero-order chi connectivity index (χ0) is 18.0. The summed E-state index contributed by atoms with van der Waals surface area (Å²) in [7, 11) is -2.08. The molecule has 0 bridgehead atoms. The summed E-state index contributed by atoms with van der Waals surface area (Å²) >= 11 is 0. The maximum atomic E-state index is 12.5. The quantitative estimate of drug-likeness (QED) is 0.856. The molecule has 0 saturated carbocycles. The van der Waals surface area contributed by atoms with E-state index in [1.54, 1.807) is 31.4 Å². The first kappa shape index (κ1) is 18.1. The lowest BCUT2D eigenvalue weighted by Gasteiger charge is -2.22. The first-order chi connectivity index (χ1) is 11.1. The summed E-state index contributed by atoms with van der Waals surface area (Å²) < 4.78 is 32.8. The molecule has 0 fully saturated rings. The average Bonchev–Trinajstić information content (AvgIpc) is 2.47. The Morgan fingerprint density at radius 1 is 0.958 bits per heavy atom. The molecule has 0 amide bonds. The number of aryl methyl sites for hydroxylation is 1. The van der Waals surface area contributed by atoms with Crippen molar-refractivity contribution < 1.29 is 13.2 Å². The van der Waals surface area contributed by atoms with Crippen LogP contribution in [0.4, 0.5) is 11.4 Å². The van der Waals surface area contributed by atoms with Gasteiger partial charge in [-0.1, -0.05) is 0 Å². The predicted octanol–water partition coefficient (Wildman–Crippen LogP) is 4.01. The number of hydrogen-bond donors (Lipinski definition) is 2. The van der Waals surface area contributed by atoms with Crippen LogP contribution in [0.15, 0.2) is 47.4 Å². The van der Waals surface area contributed by atoms with Crippen LogP contribution in [0, 0.1) is 6.92 Å². The number of nitrogens with one attached hydrogen (secondary N) is 2. The first-order valence-corrected chi connectivity index (χ1v) is 9.15. The van der Waals surface area contributed by atoms with E-state index in [-0.39, 0.29) is 10.4 Å². The van der Waals surface area contributed by atoms with Crippen molar-refractivity contribution in [3.05, 3.63) is 48.0 Å². The van der Waals surface area contributed by atoms with Gasteiger partial charge in [0.2, 0.25) is 0 Å². The number of hydrogen-bond acceptors (Lipinski definition) is 4. The SMILES string of the molecule is COc1ccc(S(=O)(=O)Nc2ccc(NC(C)(C)C)cc2)cc1C. The summed E-state index contributed by atoms with van der Waals surface area (Å²) in [6.07, 6.45) is 0. The van der Waals surface area contributed by atoms with Crippen molar-refractivity contribution in [1.29, 1.82) is 0 Å². The van der Waals surface area contributed by atoms with Crippen LogP contribution in [-0.4, -0.2) is 21.1 Å². The highest BCUT2D eigenvalue weighted by atomic mass is 32.2. The number of benzene rings is 2. The van der Waals surface area contributed by atoms with E-state index in [2.05, 4.69) is 30.8 Å². The average molecular weight is 348 g/mol. The molecule has 2 rings (SSSR count). The van der Waals surface area contributed by atoms with Crippen LogP contribution in [0.1, 0.15) is 26.3 Å². The van der Waals surface area contributed by atoms with Gasteiger partial charge >= 0.3 is 0 Å². The van der Waals surface area contributed by atoms with E-state index in [4.69, 9.17) is 4.74 Å². The van der Waals surface area contributed by atoms with Crippen molar-refractivity contribution >= 4 is 21.4 Å². The molecule has 5 nitrogen and oxygen atoms in total. The smallest absolute Gasteiger partial charge is 0.261 e. The largest absolute Gasteiger partial charge is 0.496 e. The van der Waals surface area contributed by atoms with E-state index in [9.17, 15) is 8.42 Å². The summed E-state index contributed by atoms with van der Waals surface area (Å²) in [5.41, 5.74) is 2.17. The minimum Gasteiger partial charge on any atom is -0.496 e. The maximum Gasteiger partial charge on any atom is 0.261 e. The van der Waals surface area contributed by atoms with Gasteiger partial charge in [0.1, 0.15) is 5.75 Å². The van der Waals surface area contributed by atoms with Crippen LogP contribution in [0.3, 0.4) is 0 Å². The van der Waals surface area contributed by atoms with Crippen LogP contribution in [0.25, 0.3) is 0 Å². The van der Waals surface area contributed by atoms with Gasteiger partial charge < -0.3 is 10.1 Å². The van der Waals surface area contributed by atoms with Gasteiger partial charge in [0.25, 0.3) is 10.0 Å². The highest BCUT2D eigenvalue weighted by molar-refractivity contribution is 7.92. The Morgan fingerprint density at radius 2 is 1.54 bits per heavy atom. The van der Waals surface area contributed by atoms with Gasteiger partial charge in [-0.2, -0.15) is 0 Å². The molecule has 0 aliphatic carbocycles. The normalized spacial score (nSPS) is 11.9. The number of rotatable bonds is 5. The van der Waals surface area contributed by atoms with Crippen molar-refractivity contribution in [2.24, 2.45) is 0 Å². The molecule has 0 aromatic heterocycles. The van der Waals surface area contributed by atoms with E-state index >= 15 is 0 Å².